The summed E-state index contributed by atoms with van der Waals surface area (Å²) in [5.41, 5.74) is 0.461. The van der Waals surface area contributed by atoms with Crippen molar-refractivity contribution < 1.29 is 49.4 Å². The van der Waals surface area contributed by atoms with Crippen LogP contribution in [0.25, 0.3) is 0 Å². The molecule has 86 valence electrons. The Bertz CT molecular complexity index is 369. The number of aliphatic hydroxyl groups is 1. The minimum absolute atomic E-state index is 0. The number of hydrogen-bond donors (Lipinski definition) is 2. The van der Waals surface area contributed by atoms with E-state index in [9.17, 15) is 19.8 Å². The van der Waals surface area contributed by atoms with Crippen LogP contribution < -0.4 is 40.0 Å². The summed E-state index contributed by atoms with van der Waals surface area (Å²) in [4.78, 5) is 21.6. The Hall–Kier alpha value is -0.880. The van der Waals surface area contributed by atoms with Crippen molar-refractivity contribution >= 4 is 11.9 Å². The summed E-state index contributed by atoms with van der Waals surface area (Å²) in [6, 6.07) is 8.46. The second-order valence-electron chi connectivity index (χ2n) is 3.31. The molecule has 0 aliphatic carbocycles. The summed E-state index contributed by atoms with van der Waals surface area (Å²) in [6.07, 6.45) is -1.62. The van der Waals surface area contributed by atoms with E-state index in [4.69, 9.17) is 0 Å². The minimum Gasteiger partial charge on any atom is -0.550 e. The summed E-state index contributed by atoms with van der Waals surface area (Å²) in [7, 11) is 0. The quantitative estimate of drug-likeness (QED) is 0.516. The fourth-order valence-corrected chi connectivity index (χ4v) is 1.17. The van der Waals surface area contributed by atoms with E-state index in [1.807, 2.05) is 0 Å². The van der Waals surface area contributed by atoms with Gasteiger partial charge in [-0.05, 0) is 12.1 Å². The van der Waals surface area contributed by atoms with Crippen LogP contribution in [0.3, 0.4) is 0 Å². The Morgan fingerprint density at radius 1 is 1.29 bits per heavy atom. The Kier molecular flexibility index (Phi) is 7.82. The molecule has 17 heavy (non-hydrogen) atoms. The summed E-state index contributed by atoms with van der Waals surface area (Å²) < 4.78 is 0. The monoisotopic (exact) mass is 245 g/mol. The van der Waals surface area contributed by atoms with E-state index in [1.165, 1.54) is 0 Å². The molecule has 2 N–H and O–H groups in total. The number of carbonyl (C=O) groups is 2. The molecule has 1 rings (SSSR count). The van der Waals surface area contributed by atoms with Gasteiger partial charge in [-0.3, -0.25) is 4.79 Å². The van der Waals surface area contributed by atoms with Gasteiger partial charge in [0.2, 0.25) is 0 Å². The predicted molar refractivity (Wildman–Crippen MR) is 54.4 cm³/mol. The molecule has 1 amide bonds. The van der Waals surface area contributed by atoms with Crippen LogP contribution >= 0.6 is 0 Å². The molecule has 0 radical (unpaired) electrons. The van der Waals surface area contributed by atoms with Crippen molar-refractivity contribution in [2.24, 2.45) is 0 Å². The first-order valence-electron chi connectivity index (χ1n) is 4.80. The predicted octanol–water partition coefficient (Wildman–Crippen LogP) is -4.08. The van der Waals surface area contributed by atoms with Gasteiger partial charge in [-0.1, -0.05) is 18.2 Å². The molecule has 0 aliphatic heterocycles. The molecular weight excluding hydrogens is 233 g/mol. The first kappa shape index (κ1) is 16.1. The van der Waals surface area contributed by atoms with Crippen molar-refractivity contribution in [3.8, 4) is 0 Å². The topological polar surface area (TPSA) is 89.5 Å². The van der Waals surface area contributed by atoms with Crippen LogP contribution in [0.1, 0.15) is 16.8 Å². The zero-order chi connectivity index (χ0) is 12.0. The molecule has 0 bridgehead atoms. The van der Waals surface area contributed by atoms with E-state index < -0.39 is 18.5 Å². The molecular formula is C11H12NNaO4. The van der Waals surface area contributed by atoms with Gasteiger partial charge in [0.1, 0.15) is 0 Å². The van der Waals surface area contributed by atoms with Crippen LogP contribution in [0.4, 0.5) is 0 Å². The molecule has 5 nitrogen and oxygen atoms in total. The third kappa shape index (κ3) is 6.43. The van der Waals surface area contributed by atoms with Gasteiger partial charge in [-0.25, -0.2) is 0 Å². The Balaban J connectivity index is 0.00000256. The van der Waals surface area contributed by atoms with Gasteiger partial charge >= 0.3 is 29.6 Å². The molecule has 1 atom stereocenters. The number of aliphatic carboxylic acids is 1. The van der Waals surface area contributed by atoms with E-state index in [1.54, 1.807) is 30.3 Å². The Morgan fingerprint density at radius 3 is 2.41 bits per heavy atom. The average molecular weight is 245 g/mol. The van der Waals surface area contributed by atoms with E-state index in [-0.39, 0.29) is 42.0 Å². The molecule has 0 saturated heterocycles. The zero-order valence-electron chi connectivity index (χ0n) is 9.55. The molecule has 0 fully saturated rings. The number of nitrogens with one attached hydrogen (secondary N) is 1. The number of hydrogen-bond acceptors (Lipinski definition) is 4. The van der Waals surface area contributed by atoms with E-state index in [0.717, 1.165) is 0 Å². The third-order valence-electron chi connectivity index (χ3n) is 1.94. The van der Waals surface area contributed by atoms with Gasteiger partial charge in [0.05, 0.1) is 6.10 Å². The van der Waals surface area contributed by atoms with Gasteiger partial charge in [0.25, 0.3) is 5.91 Å². The fraction of sp³-hybridized carbons (Fsp3) is 0.273. The van der Waals surface area contributed by atoms with Crippen LogP contribution in [0.5, 0.6) is 0 Å². The number of carboxylic acids is 1. The molecule has 0 saturated carbocycles. The van der Waals surface area contributed by atoms with Crippen LogP contribution in [0, 0.1) is 0 Å². The molecule has 0 aromatic heterocycles. The number of benzene rings is 1. The summed E-state index contributed by atoms with van der Waals surface area (Å²) in [5, 5.41) is 21.7. The van der Waals surface area contributed by atoms with E-state index in [2.05, 4.69) is 5.32 Å². The molecule has 0 unspecified atom stereocenters. The smallest absolute Gasteiger partial charge is 0.550 e. The molecule has 6 heteroatoms. The molecule has 1 aromatic rings. The van der Waals surface area contributed by atoms with Crippen molar-refractivity contribution in [1.82, 2.24) is 5.32 Å². The molecule has 0 heterocycles. The zero-order valence-corrected chi connectivity index (χ0v) is 11.6. The van der Waals surface area contributed by atoms with Crippen molar-refractivity contribution in [3.63, 3.8) is 0 Å². The summed E-state index contributed by atoms with van der Waals surface area (Å²) in [6.45, 7) is -0.109. The maximum absolute atomic E-state index is 11.4. The second-order valence-corrected chi connectivity index (χ2v) is 3.31. The van der Waals surface area contributed by atoms with Gasteiger partial charge in [0.15, 0.2) is 0 Å². The summed E-state index contributed by atoms with van der Waals surface area (Å²) >= 11 is 0. The van der Waals surface area contributed by atoms with Crippen molar-refractivity contribution in [2.45, 2.75) is 12.5 Å². The van der Waals surface area contributed by atoms with Gasteiger partial charge in [-0.2, -0.15) is 0 Å². The fourth-order valence-electron chi connectivity index (χ4n) is 1.17. The molecule has 0 spiro atoms. The van der Waals surface area contributed by atoms with Gasteiger partial charge in [-0.15, -0.1) is 0 Å². The van der Waals surface area contributed by atoms with Gasteiger partial charge < -0.3 is 20.3 Å². The van der Waals surface area contributed by atoms with Crippen molar-refractivity contribution in [3.05, 3.63) is 35.9 Å². The van der Waals surface area contributed by atoms with E-state index >= 15 is 0 Å². The first-order chi connectivity index (χ1) is 7.59. The molecule has 0 aliphatic rings. The maximum Gasteiger partial charge on any atom is 1.00 e. The maximum atomic E-state index is 11.4. The normalized spacial score (nSPS) is 11.1. The second kappa shape index (κ2) is 8.25. The van der Waals surface area contributed by atoms with Crippen LogP contribution in [-0.2, 0) is 4.79 Å². The standard InChI is InChI=1S/C11H13NO4.Na/c13-9(6-10(14)15)7-12-11(16)8-4-2-1-3-5-8;/h1-5,9,13H,6-7H2,(H,12,16)(H,14,15);/q;+1/p-1/t9-;/m1./s1. The van der Waals surface area contributed by atoms with Crippen LogP contribution in [-0.4, -0.2) is 29.6 Å². The van der Waals surface area contributed by atoms with Crippen LogP contribution in [0.15, 0.2) is 30.3 Å². The molecule has 1 aromatic carbocycles. The summed E-state index contributed by atoms with van der Waals surface area (Å²) in [5.74, 6) is -1.69. The minimum atomic E-state index is -1.35. The Labute approximate surface area is 121 Å². The van der Waals surface area contributed by atoms with Gasteiger partial charge in [0, 0.05) is 24.5 Å². The number of rotatable bonds is 5. The SMILES string of the molecule is O=C([O-])C[C@@H](O)CNC(=O)c1ccccc1.[Na+]. The number of aliphatic hydroxyl groups excluding tert-OH is 1. The Morgan fingerprint density at radius 2 is 1.88 bits per heavy atom. The van der Waals surface area contributed by atoms with Crippen molar-refractivity contribution in [2.75, 3.05) is 6.54 Å². The number of carboxylic acid groups (broad SMARTS) is 1. The van der Waals surface area contributed by atoms with Crippen LogP contribution in [0.2, 0.25) is 0 Å². The van der Waals surface area contributed by atoms with E-state index in [0.29, 0.717) is 5.56 Å². The number of amides is 1. The third-order valence-corrected chi connectivity index (χ3v) is 1.94. The average Bonchev–Trinajstić information content (AvgIpc) is 2.26. The largest absolute Gasteiger partial charge is 1.00 e. The number of carbonyl (C=O) groups excluding carboxylic acids is 2. The van der Waals surface area contributed by atoms with Crippen molar-refractivity contribution in [1.29, 1.82) is 0 Å². The first-order valence-corrected chi connectivity index (χ1v) is 4.80.